The van der Waals surface area contributed by atoms with Crippen molar-refractivity contribution in [3.05, 3.63) is 0 Å². The number of carboxylic acids is 1. The second-order valence-corrected chi connectivity index (χ2v) is 21.5. The minimum absolute atomic E-state index is 0.00406. The Bertz CT molecular complexity index is 2450. The van der Waals surface area contributed by atoms with Gasteiger partial charge in [0.15, 0.2) is 29.8 Å². The average Bonchev–Trinajstić information content (AvgIpc) is 1.11. The molecule has 0 saturated heterocycles. The molecule has 0 rings (SSSR count). The average molecular weight is 1310 g/mol. The molecule has 0 heterocycles. The number of guanidine groups is 5. The number of nitrogens with one attached hydrogen (secondary N) is 8. The van der Waals surface area contributed by atoms with Gasteiger partial charge in [0.25, 0.3) is 0 Å². The van der Waals surface area contributed by atoms with E-state index in [0.29, 0.717) is 38.5 Å². The van der Waals surface area contributed by atoms with Crippen molar-refractivity contribution in [2.45, 2.75) is 189 Å². The second kappa shape index (κ2) is 48.7. The highest BCUT2D eigenvalue weighted by Gasteiger charge is 2.35. The number of aliphatic imine (C=N–C) groups is 5. The summed E-state index contributed by atoms with van der Waals surface area (Å²) in [4.78, 5) is 158. The summed E-state index contributed by atoms with van der Waals surface area (Å²) >= 11 is 0. The number of amides is 9. The lowest BCUT2D eigenvalue weighted by atomic mass is 10.0. The number of hydrogen-bond acceptors (Lipinski definition) is 19. The summed E-state index contributed by atoms with van der Waals surface area (Å²) in [6.07, 6.45) is 1.63. The minimum Gasteiger partial charge on any atom is -0.480 e. The van der Waals surface area contributed by atoms with Crippen LogP contribution in [0.5, 0.6) is 0 Å². The SMILES string of the molecule is NCCCC[C@H](NC(=O)[C@H](N)CCCN=C(N)N)C(=O)N[C@@H](CCCCN)C(=O)N[C@@H](CCCN=C(N)N)C(=O)N[C@H](CCCN=C(N)N)C(=O)N[C@@H](CCC(N)=O)C(=O)N[C@@H](CCCCN)C(=O)N[C@@H](CCCN=C(N)N)C(=O)N[C@H](CCCN=C(N)N)C(=O)O. The van der Waals surface area contributed by atoms with E-state index in [0.717, 1.165) is 0 Å². The van der Waals surface area contributed by atoms with E-state index in [-0.39, 0.29) is 166 Å². The third-order valence-electron chi connectivity index (χ3n) is 13.7. The molecule has 0 aliphatic carbocycles. The summed E-state index contributed by atoms with van der Waals surface area (Å²) in [5, 5.41) is 30.8. The zero-order valence-electron chi connectivity index (χ0n) is 52.6. The van der Waals surface area contributed by atoms with Gasteiger partial charge in [-0.1, -0.05) is 0 Å². The molecule has 0 unspecified atom stereocenters. The lowest BCUT2D eigenvalue weighted by Crippen LogP contribution is -2.60. The highest BCUT2D eigenvalue weighted by Crippen LogP contribution is 2.12. The fraction of sp³-hybridized carbons (Fsp3) is 0.717. The maximum absolute atomic E-state index is 14.6. The zero-order valence-corrected chi connectivity index (χ0v) is 52.6. The van der Waals surface area contributed by atoms with Gasteiger partial charge in [-0.15, -0.1) is 0 Å². The summed E-state index contributed by atoms with van der Waals surface area (Å²) in [6, 6.07) is -12.5. The normalized spacial score (nSPS) is 13.7. The first-order valence-electron chi connectivity index (χ1n) is 30.6. The van der Waals surface area contributed by atoms with E-state index in [4.69, 9.17) is 86.0 Å². The second-order valence-electron chi connectivity index (χ2n) is 21.5. The maximum atomic E-state index is 14.6. The van der Waals surface area contributed by atoms with E-state index in [2.05, 4.69) is 67.5 Å². The van der Waals surface area contributed by atoms with Crippen LogP contribution in [0.3, 0.4) is 0 Å². The van der Waals surface area contributed by atoms with E-state index >= 15 is 0 Å². The maximum Gasteiger partial charge on any atom is 0.326 e. The first-order valence-corrected chi connectivity index (χ1v) is 30.6. The molecule has 92 heavy (non-hydrogen) atoms. The zero-order chi connectivity index (χ0) is 69.6. The smallest absolute Gasteiger partial charge is 0.326 e. The van der Waals surface area contributed by atoms with Crippen LogP contribution in [-0.4, -0.2) is 201 Å². The first kappa shape index (κ1) is 82.9. The van der Waals surface area contributed by atoms with Gasteiger partial charge >= 0.3 is 5.97 Å². The number of nitrogens with two attached hydrogens (primary N) is 15. The molecule has 524 valence electrons. The Morgan fingerprint density at radius 2 is 0.489 bits per heavy atom. The van der Waals surface area contributed by atoms with E-state index in [1.54, 1.807) is 0 Å². The summed E-state index contributed by atoms with van der Waals surface area (Å²) in [5.74, 6) is -10.5. The van der Waals surface area contributed by atoms with Crippen molar-refractivity contribution in [1.29, 1.82) is 0 Å². The van der Waals surface area contributed by atoms with E-state index in [1.807, 2.05) is 0 Å². The van der Waals surface area contributed by atoms with Crippen molar-refractivity contribution in [3.8, 4) is 0 Å². The quantitative estimate of drug-likeness (QED) is 0.0153. The molecule has 39 nitrogen and oxygen atoms in total. The fourth-order valence-electron chi connectivity index (χ4n) is 8.75. The lowest BCUT2D eigenvalue weighted by molar-refractivity contribution is -0.142. The van der Waals surface area contributed by atoms with Gasteiger partial charge in [0.1, 0.15) is 48.3 Å². The van der Waals surface area contributed by atoms with Gasteiger partial charge in [-0.05, 0) is 148 Å². The van der Waals surface area contributed by atoms with Crippen LogP contribution in [0.4, 0.5) is 0 Å². The molecule has 0 spiro atoms. The van der Waals surface area contributed by atoms with Gasteiger partial charge in [-0.25, -0.2) is 4.79 Å². The number of carboxylic acid groups (broad SMARTS) is 1. The Hall–Kier alpha value is -9.11. The van der Waals surface area contributed by atoms with Gasteiger partial charge in [-0.3, -0.25) is 68.1 Å². The number of rotatable bonds is 52. The molecule has 0 radical (unpaired) electrons. The number of unbranched alkanes of at least 4 members (excludes halogenated alkanes) is 3. The molecule has 0 saturated carbocycles. The largest absolute Gasteiger partial charge is 0.480 e. The van der Waals surface area contributed by atoms with Crippen molar-refractivity contribution in [2.75, 3.05) is 52.4 Å². The monoisotopic (exact) mass is 1310 g/mol. The number of carbonyl (C=O) groups excluding carboxylic acids is 9. The molecule has 0 fully saturated rings. The van der Waals surface area contributed by atoms with Crippen LogP contribution in [0.25, 0.3) is 0 Å². The molecular formula is C53H106N28O11. The molecular weight excluding hydrogens is 1200 g/mol. The number of carbonyl (C=O) groups is 10. The van der Waals surface area contributed by atoms with Gasteiger partial charge in [-0.2, -0.15) is 0 Å². The summed E-state index contributed by atoms with van der Waals surface area (Å²) < 4.78 is 0. The van der Waals surface area contributed by atoms with Crippen molar-refractivity contribution in [2.24, 2.45) is 111 Å². The Morgan fingerprint density at radius 1 is 0.283 bits per heavy atom. The summed E-state index contributed by atoms with van der Waals surface area (Å²) in [7, 11) is 0. The van der Waals surface area contributed by atoms with Crippen LogP contribution in [0.2, 0.25) is 0 Å². The number of hydrogen-bond donors (Lipinski definition) is 24. The topological polar surface area (TPSA) is 739 Å². The number of aliphatic carboxylic acids is 1. The van der Waals surface area contributed by atoms with E-state index in [1.165, 1.54) is 0 Å². The molecule has 0 aliphatic heterocycles. The Balaban J connectivity index is 7.34. The molecule has 0 aromatic heterocycles. The molecule has 0 bridgehead atoms. The predicted molar refractivity (Wildman–Crippen MR) is 348 cm³/mol. The third-order valence-corrected chi connectivity index (χ3v) is 13.7. The molecule has 0 aromatic carbocycles. The molecule has 9 atom stereocenters. The highest BCUT2D eigenvalue weighted by atomic mass is 16.4. The van der Waals surface area contributed by atoms with Crippen LogP contribution in [-0.2, 0) is 47.9 Å². The van der Waals surface area contributed by atoms with Crippen LogP contribution >= 0.6 is 0 Å². The molecule has 0 aliphatic rings. The Morgan fingerprint density at radius 3 is 0.717 bits per heavy atom. The fourth-order valence-corrected chi connectivity index (χ4v) is 8.75. The van der Waals surface area contributed by atoms with Crippen LogP contribution < -0.4 is 129 Å². The van der Waals surface area contributed by atoms with E-state index < -0.39 is 126 Å². The van der Waals surface area contributed by atoms with Crippen LogP contribution in [0, 0.1) is 0 Å². The third kappa shape index (κ3) is 39.8. The Kier molecular flexibility index (Phi) is 43.9. The molecule has 9 amide bonds. The number of primary amides is 1. The summed E-state index contributed by atoms with van der Waals surface area (Å²) in [5.41, 5.74) is 83.7. The number of nitrogens with zero attached hydrogens (tertiary/aromatic N) is 5. The van der Waals surface area contributed by atoms with E-state index in [9.17, 15) is 53.1 Å². The van der Waals surface area contributed by atoms with Crippen LogP contribution in [0.15, 0.2) is 25.0 Å². The summed E-state index contributed by atoms with van der Waals surface area (Å²) in [6.45, 7) is 0.873. The van der Waals surface area contributed by atoms with Crippen molar-refractivity contribution in [1.82, 2.24) is 42.5 Å². The molecule has 39 heteroatoms. The Labute approximate surface area is 535 Å². The van der Waals surface area contributed by atoms with Crippen molar-refractivity contribution < 1.29 is 53.1 Å². The molecule has 39 N–H and O–H groups in total. The highest BCUT2D eigenvalue weighted by molar-refractivity contribution is 5.98. The molecule has 0 aromatic rings. The van der Waals surface area contributed by atoms with Crippen molar-refractivity contribution in [3.63, 3.8) is 0 Å². The first-order chi connectivity index (χ1) is 43.6. The van der Waals surface area contributed by atoms with Gasteiger partial charge in [0, 0.05) is 39.1 Å². The minimum atomic E-state index is -1.64. The standard InChI is InChI=1S/C53H106N28O11/c54-22-4-1-13-31(74-40(83)30(57)12-7-25-69-49(59)60)41(84)75-32(14-2-5-23-55)42(85)77-34(16-8-26-70-50(61)62)44(87)78-35(17-9-27-71-51(63)64)45(88)80-37(20-21-39(58)82)47(90)76-33(15-3-6-24-56)43(86)79-36(18-10-28-72-52(65)66)46(89)81-38(48(91)92)19-11-29-73-53(67)68/h30-38H,1-29,54-57H2,(H2,58,82)(H,74,83)(H,75,84)(H,76,90)(H,77,85)(H,78,87)(H,79,86)(H,80,88)(H,81,89)(H,91,92)(H4,59,60,69)(H4,61,62,70)(H4,63,64,71)(H4,65,66,72)(H4,67,68,73)/t30-,31+,32+,33+,34+,35-,36+,37+,38-/m1/s1. The predicted octanol–water partition coefficient (Wildman–Crippen LogP) is -9.80. The lowest BCUT2D eigenvalue weighted by Gasteiger charge is -2.28. The van der Waals surface area contributed by atoms with Gasteiger partial charge < -0.3 is 134 Å². The van der Waals surface area contributed by atoms with Crippen molar-refractivity contribution >= 4 is 88.9 Å². The van der Waals surface area contributed by atoms with Gasteiger partial charge in [0.2, 0.25) is 53.2 Å². The van der Waals surface area contributed by atoms with Crippen LogP contribution in [0.1, 0.15) is 135 Å². The van der Waals surface area contributed by atoms with Gasteiger partial charge in [0.05, 0.1) is 6.04 Å².